The molecular formula is C24H23NO3. The summed E-state index contributed by atoms with van der Waals surface area (Å²) in [5.41, 5.74) is 2.92. The van der Waals surface area contributed by atoms with E-state index >= 15 is 0 Å². The first-order valence-electron chi connectivity index (χ1n) is 9.38. The van der Waals surface area contributed by atoms with Gasteiger partial charge in [-0.2, -0.15) is 0 Å². The molecule has 142 valence electrons. The molecule has 0 amide bonds. The van der Waals surface area contributed by atoms with Crippen molar-refractivity contribution in [2.75, 3.05) is 6.61 Å². The summed E-state index contributed by atoms with van der Waals surface area (Å²) in [5.74, 6) is 0.748. The maximum absolute atomic E-state index is 10.6. The van der Waals surface area contributed by atoms with Gasteiger partial charge >= 0.3 is 0 Å². The summed E-state index contributed by atoms with van der Waals surface area (Å²) < 4.78 is 8.13. The quantitative estimate of drug-likeness (QED) is 0.511. The van der Waals surface area contributed by atoms with E-state index in [9.17, 15) is 10.2 Å². The lowest BCUT2D eigenvalue weighted by Crippen LogP contribution is -2.28. The van der Waals surface area contributed by atoms with Gasteiger partial charge in [-0.3, -0.25) is 0 Å². The highest BCUT2D eigenvalue weighted by Crippen LogP contribution is 2.33. The van der Waals surface area contributed by atoms with Crippen molar-refractivity contribution in [3.63, 3.8) is 0 Å². The Morgan fingerprint density at radius 1 is 0.821 bits per heavy atom. The minimum absolute atomic E-state index is 0.327. The Labute approximate surface area is 164 Å². The largest absolute Gasteiger partial charge is 0.487 e. The third-order valence-electron chi connectivity index (χ3n) is 4.93. The van der Waals surface area contributed by atoms with E-state index in [0.717, 1.165) is 27.8 Å². The molecule has 0 aliphatic heterocycles. The van der Waals surface area contributed by atoms with Crippen molar-refractivity contribution in [3.8, 4) is 5.75 Å². The number of fused-ring (bicyclic) bond motifs is 1. The first kappa shape index (κ1) is 18.3. The molecule has 28 heavy (non-hydrogen) atoms. The van der Waals surface area contributed by atoms with Gasteiger partial charge in [0.25, 0.3) is 0 Å². The van der Waals surface area contributed by atoms with Crippen molar-refractivity contribution in [1.29, 1.82) is 0 Å². The van der Waals surface area contributed by atoms with Gasteiger partial charge in [-0.05, 0) is 23.3 Å². The van der Waals surface area contributed by atoms with Gasteiger partial charge in [-0.15, -0.1) is 0 Å². The molecule has 3 aromatic carbocycles. The van der Waals surface area contributed by atoms with Crippen molar-refractivity contribution in [1.82, 2.24) is 4.57 Å². The van der Waals surface area contributed by atoms with Gasteiger partial charge in [-0.1, -0.05) is 72.8 Å². The Kier molecular flexibility index (Phi) is 5.42. The number of ether oxygens (including phenoxy) is 1. The molecule has 0 aliphatic rings. The first-order valence-corrected chi connectivity index (χ1v) is 9.38. The predicted molar refractivity (Wildman–Crippen MR) is 110 cm³/mol. The molecule has 2 N–H and O–H groups in total. The molecule has 1 aromatic heterocycles. The molecule has 0 spiro atoms. The minimum Gasteiger partial charge on any atom is -0.487 e. The fraction of sp³-hybridized carbons (Fsp3) is 0.167. The van der Waals surface area contributed by atoms with E-state index in [0.29, 0.717) is 6.61 Å². The van der Waals surface area contributed by atoms with Crippen molar-refractivity contribution < 1.29 is 14.9 Å². The minimum atomic E-state index is -0.930. The number of aliphatic hydroxyl groups excluding tert-OH is 2. The number of aliphatic hydroxyl groups is 2. The Morgan fingerprint density at radius 2 is 1.54 bits per heavy atom. The van der Waals surface area contributed by atoms with Crippen LogP contribution in [0.1, 0.15) is 17.2 Å². The van der Waals surface area contributed by atoms with Gasteiger partial charge in [0, 0.05) is 11.6 Å². The second-order valence-electron chi connectivity index (χ2n) is 6.80. The average Bonchev–Trinajstić information content (AvgIpc) is 3.18. The molecule has 4 heteroatoms. The van der Waals surface area contributed by atoms with E-state index in [2.05, 4.69) is 0 Å². The van der Waals surface area contributed by atoms with Crippen LogP contribution in [0.5, 0.6) is 5.75 Å². The summed E-state index contributed by atoms with van der Waals surface area (Å²) >= 11 is 0. The van der Waals surface area contributed by atoms with Crippen molar-refractivity contribution in [3.05, 3.63) is 102 Å². The highest BCUT2D eigenvalue weighted by Gasteiger charge is 2.24. The smallest absolute Gasteiger partial charge is 0.144 e. The van der Waals surface area contributed by atoms with E-state index in [1.54, 1.807) is 0 Å². The molecule has 4 aromatic rings. The van der Waals surface area contributed by atoms with Crippen LogP contribution in [-0.2, 0) is 6.61 Å². The lowest BCUT2D eigenvalue weighted by Gasteiger charge is -2.25. The van der Waals surface area contributed by atoms with Gasteiger partial charge in [0.15, 0.2) is 0 Å². The third-order valence-corrected chi connectivity index (χ3v) is 4.93. The summed E-state index contributed by atoms with van der Waals surface area (Å²) in [4.78, 5) is 0. The van der Waals surface area contributed by atoms with Crippen LogP contribution in [-0.4, -0.2) is 27.5 Å². The molecule has 0 saturated carbocycles. The monoisotopic (exact) mass is 373 g/mol. The topological polar surface area (TPSA) is 54.6 Å². The number of aromatic nitrogens is 1. The second kappa shape index (κ2) is 8.30. The Morgan fingerprint density at radius 3 is 2.25 bits per heavy atom. The average molecular weight is 373 g/mol. The third kappa shape index (κ3) is 3.65. The van der Waals surface area contributed by atoms with Crippen LogP contribution in [0, 0.1) is 0 Å². The number of para-hydroxylation sites is 1. The molecule has 1 heterocycles. The molecule has 2 atom stereocenters. The summed E-state index contributed by atoms with van der Waals surface area (Å²) in [6.45, 7) is 0.135. The summed E-state index contributed by atoms with van der Waals surface area (Å²) in [6, 6.07) is 27.3. The number of hydrogen-bond donors (Lipinski definition) is 2. The van der Waals surface area contributed by atoms with Crippen molar-refractivity contribution in [2.45, 2.75) is 18.8 Å². The zero-order valence-corrected chi connectivity index (χ0v) is 15.5. The Bertz CT molecular complexity index is 1030. The van der Waals surface area contributed by atoms with Crippen LogP contribution in [0.4, 0.5) is 0 Å². The van der Waals surface area contributed by atoms with Crippen LogP contribution >= 0.6 is 0 Å². The summed E-state index contributed by atoms with van der Waals surface area (Å²) in [7, 11) is 0. The zero-order chi connectivity index (χ0) is 19.3. The van der Waals surface area contributed by atoms with E-state index in [-0.39, 0.29) is 6.61 Å². The molecule has 0 unspecified atom stereocenters. The molecule has 0 saturated heterocycles. The van der Waals surface area contributed by atoms with Gasteiger partial charge in [0.2, 0.25) is 0 Å². The zero-order valence-electron chi connectivity index (χ0n) is 15.5. The van der Waals surface area contributed by atoms with Gasteiger partial charge in [-0.25, -0.2) is 0 Å². The van der Waals surface area contributed by atoms with E-state index in [1.807, 2.05) is 95.7 Å². The van der Waals surface area contributed by atoms with Crippen LogP contribution in [0.3, 0.4) is 0 Å². The molecule has 4 rings (SSSR count). The first-order chi connectivity index (χ1) is 13.8. The predicted octanol–water partition coefficient (Wildman–Crippen LogP) is 4.16. The van der Waals surface area contributed by atoms with Crippen molar-refractivity contribution in [2.24, 2.45) is 0 Å². The standard InChI is InChI=1S/C24H23NO3/c26-16-21(27)23(19-10-5-2-6-11-19)25-15-14-20-12-7-13-22(24(20)25)28-17-18-8-3-1-4-9-18/h1-15,21,23,26-27H,16-17H2/t21-,23+/m1/s1. The second-order valence-corrected chi connectivity index (χ2v) is 6.80. The molecule has 0 radical (unpaired) electrons. The van der Waals surface area contributed by atoms with Gasteiger partial charge in [0.05, 0.1) is 18.2 Å². The molecule has 0 fully saturated rings. The van der Waals surface area contributed by atoms with Crippen LogP contribution in [0.2, 0.25) is 0 Å². The maximum atomic E-state index is 10.6. The number of rotatable bonds is 7. The van der Waals surface area contributed by atoms with E-state index in [1.165, 1.54) is 0 Å². The Balaban J connectivity index is 1.76. The summed E-state index contributed by atoms with van der Waals surface area (Å²) in [5, 5.41) is 21.3. The Hall–Kier alpha value is -3.08. The lowest BCUT2D eigenvalue weighted by molar-refractivity contribution is 0.0652. The van der Waals surface area contributed by atoms with Gasteiger partial charge < -0.3 is 19.5 Å². The van der Waals surface area contributed by atoms with Crippen molar-refractivity contribution >= 4 is 10.9 Å². The highest BCUT2D eigenvalue weighted by atomic mass is 16.5. The summed E-state index contributed by atoms with van der Waals surface area (Å²) in [6.07, 6.45) is 1.01. The molecular weight excluding hydrogens is 350 g/mol. The lowest BCUT2D eigenvalue weighted by atomic mass is 10.0. The number of hydrogen-bond acceptors (Lipinski definition) is 3. The van der Waals surface area contributed by atoms with E-state index in [4.69, 9.17) is 4.74 Å². The number of benzene rings is 3. The fourth-order valence-corrected chi connectivity index (χ4v) is 3.59. The van der Waals surface area contributed by atoms with Crippen LogP contribution in [0.25, 0.3) is 10.9 Å². The van der Waals surface area contributed by atoms with Crippen LogP contribution in [0.15, 0.2) is 91.1 Å². The SMILES string of the molecule is OC[C@@H](O)[C@H](c1ccccc1)n1ccc2cccc(OCc3ccccc3)c21. The van der Waals surface area contributed by atoms with Crippen LogP contribution < -0.4 is 4.74 Å². The molecule has 4 nitrogen and oxygen atoms in total. The fourth-order valence-electron chi connectivity index (χ4n) is 3.59. The van der Waals surface area contributed by atoms with Gasteiger partial charge in [0.1, 0.15) is 18.5 Å². The highest BCUT2D eigenvalue weighted by molar-refractivity contribution is 5.86. The molecule has 0 aliphatic carbocycles. The van der Waals surface area contributed by atoms with E-state index < -0.39 is 12.1 Å². The normalized spacial score (nSPS) is 13.4. The number of nitrogens with zero attached hydrogens (tertiary/aromatic N) is 1. The molecule has 0 bridgehead atoms. The maximum Gasteiger partial charge on any atom is 0.144 e.